The van der Waals surface area contributed by atoms with E-state index in [2.05, 4.69) is 10.3 Å². The summed E-state index contributed by atoms with van der Waals surface area (Å²) in [5.74, 6) is 0.636. The van der Waals surface area contributed by atoms with E-state index in [1.807, 2.05) is 0 Å². The monoisotopic (exact) mass is 213 g/mol. The third-order valence-corrected chi connectivity index (χ3v) is 2.19. The maximum Gasteiger partial charge on any atom is 0.243 e. The zero-order valence-electron chi connectivity index (χ0n) is 9.00. The van der Waals surface area contributed by atoms with Crippen LogP contribution in [0.25, 0.3) is 0 Å². The van der Waals surface area contributed by atoms with E-state index in [4.69, 9.17) is 10.5 Å². The first-order chi connectivity index (χ1) is 7.29. The maximum atomic E-state index is 10.4. The van der Waals surface area contributed by atoms with Gasteiger partial charge in [0.1, 0.15) is 6.61 Å². The highest BCUT2D eigenvalue weighted by atomic mass is 16.5. The molecule has 1 aliphatic heterocycles. The van der Waals surface area contributed by atoms with Gasteiger partial charge in [-0.1, -0.05) is 6.42 Å². The molecule has 0 aromatic rings. The number of hydrogen-bond donors (Lipinski definition) is 2. The first-order valence-electron chi connectivity index (χ1n) is 5.42. The fourth-order valence-electron chi connectivity index (χ4n) is 1.46. The average molecular weight is 213 g/mol. The van der Waals surface area contributed by atoms with Crippen molar-refractivity contribution in [1.82, 2.24) is 5.32 Å². The van der Waals surface area contributed by atoms with Crippen LogP contribution in [0.5, 0.6) is 0 Å². The summed E-state index contributed by atoms with van der Waals surface area (Å²) in [6.07, 6.45) is 4.67. The number of aliphatic imine (C=N–C) groups is 1. The van der Waals surface area contributed by atoms with E-state index >= 15 is 0 Å². The summed E-state index contributed by atoms with van der Waals surface area (Å²) in [5.41, 5.74) is 4.93. The molecule has 0 aromatic heterocycles. The molecule has 0 fully saturated rings. The molecule has 0 aliphatic carbocycles. The molecule has 0 bridgehead atoms. The zero-order chi connectivity index (χ0) is 10.9. The first kappa shape index (κ1) is 12.0. The number of amidine groups is 1. The van der Waals surface area contributed by atoms with Gasteiger partial charge in [0.05, 0.1) is 12.4 Å². The molecule has 1 heterocycles. The SMILES string of the molecule is NC(=O)COCCNC1=NCCCCC1. The molecule has 1 amide bonds. The van der Waals surface area contributed by atoms with E-state index in [0.29, 0.717) is 13.2 Å². The molecular weight excluding hydrogens is 194 g/mol. The summed E-state index contributed by atoms with van der Waals surface area (Å²) in [6.45, 7) is 2.09. The Hall–Kier alpha value is -1.10. The molecular formula is C10H19N3O2. The van der Waals surface area contributed by atoms with Gasteiger partial charge in [0.25, 0.3) is 0 Å². The maximum absolute atomic E-state index is 10.4. The Bertz CT molecular complexity index is 229. The van der Waals surface area contributed by atoms with E-state index < -0.39 is 5.91 Å². The Morgan fingerprint density at radius 2 is 2.33 bits per heavy atom. The van der Waals surface area contributed by atoms with E-state index in [1.54, 1.807) is 0 Å². The standard InChI is InChI=1S/C10H19N3O2/c11-9(14)8-15-7-6-13-10-4-2-1-3-5-12-10/h1-8H2,(H2,11,14)(H,12,13). The third-order valence-electron chi connectivity index (χ3n) is 2.19. The van der Waals surface area contributed by atoms with Crippen molar-refractivity contribution in [2.24, 2.45) is 10.7 Å². The van der Waals surface area contributed by atoms with Crippen LogP contribution in [0.4, 0.5) is 0 Å². The van der Waals surface area contributed by atoms with Crippen LogP contribution >= 0.6 is 0 Å². The largest absolute Gasteiger partial charge is 0.372 e. The number of hydrogen-bond acceptors (Lipinski definition) is 4. The second-order valence-electron chi connectivity index (χ2n) is 3.58. The molecule has 1 rings (SSSR count). The Balaban J connectivity index is 2.03. The normalized spacial score (nSPS) is 16.7. The molecule has 0 radical (unpaired) electrons. The smallest absolute Gasteiger partial charge is 0.243 e. The second kappa shape index (κ2) is 7.23. The van der Waals surface area contributed by atoms with E-state index in [9.17, 15) is 4.79 Å². The van der Waals surface area contributed by atoms with Crippen molar-refractivity contribution in [1.29, 1.82) is 0 Å². The van der Waals surface area contributed by atoms with Crippen LogP contribution in [0.15, 0.2) is 4.99 Å². The number of nitrogens with two attached hydrogens (primary N) is 1. The number of rotatable bonds is 5. The quantitative estimate of drug-likeness (QED) is 0.633. The van der Waals surface area contributed by atoms with E-state index in [-0.39, 0.29) is 6.61 Å². The van der Waals surface area contributed by atoms with Crippen molar-refractivity contribution < 1.29 is 9.53 Å². The number of carbonyl (C=O) groups excluding carboxylic acids is 1. The van der Waals surface area contributed by atoms with Crippen LogP contribution in [-0.2, 0) is 9.53 Å². The number of amides is 1. The second-order valence-corrected chi connectivity index (χ2v) is 3.58. The molecule has 1 aliphatic rings. The number of primary amides is 1. The molecule has 5 nitrogen and oxygen atoms in total. The van der Waals surface area contributed by atoms with Gasteiger partial charge in [0, 0.05) is 19.5 Å². The fraction of sp³-hybridized carbons (Fsp3) is 0.800. The number of nitrogens with zero attached hydrogens (tertiary/aromatic N) is 1. The van der Waals surface area contributed by atoms with Crippen LogP contribution in [-0.4, -0.2) is 38.0 Å². The number of carbonyl (C=O) groups is 1. The highest BCUT2D eigenvalue weighted by Crippen LogP contribution is 2.05. The lowest BCUT2D eigenvalue weighted by atomic mass is 10.2. The number of nitrogens with one attached hydrogen (secondary N) is 1. The van der Waals surface area contributed by atoms with Crippen LogP contribution in [0.3, 0.4) is 0 Å². The summed E-state index contributed by atoms with van der Waals surface area (Å²) in [4.78, 5) is 14.8. The zero-order valence-corrected chi connectivity index (χ0v) is 9.00. The first-order valence-corrected chi connectivity index (χ1v) is 5.42. The lowest BCUT2D eigenvalue weighted by molar-refractivity contribution is -0.122. The predicted molar refractivity (Wildman–Crippen MR) is 58.8 cm³/mol. The Morgan fingerprint density at radius 1 is 1.47 bits per heavy atom. The molecule has 5 heteroatoms. The minimum atomic E-state index is -0.429. The Labute approximate surface area is 90.1 Å². The minimum absolute atomic E-state index is 0.00580. The van der Waals surface area contributed by atoms with Gasteiger partial charge in [-0.25, -0.2) is 0 Å². The van der Waals surface area contributed by atoms with Gasteiger partial charge in [-0.05, 0) is 12.8 Å². The van der Waals surface area contributed by atoms with E-state index in [1.165, 1.54) is 19.3 Å². The lowest BCUT2D eigenvalue weighted by Crippen LogP contribution is -2.28. The van der Waals surface area contributed by atoms with Crippen molar-refractivity contribution in [3.05, 3.63) is 0 Å². The topological polar surface area (TPSA) is 76.7 Å². The van der Waals surface area contributed by atoms with Crippen molar-refractivity contribution in [3.63, 3.8) is 0 Å². The van der Waals surface area contributed by atoms with Crippen LogP contribution in [0.2, 0.25) is 0 Å². The van der Waals surface area contributed by atoms with Gasteiger partial charge in [-0.3, -0.25) is 9.79 Å². The van der Waals surface area contributed by atoms with Crippen molar-refractivity contribution in [2.45, 2.75) is 25.7 Å². The molecule has 15 heavy (non-hydrogen) atoms. The fourth-order valence-corrected chi connectivity index (χ4v) is 1.46. The Kier molecular flexibility index (Phi) is 5.77. The molecule has 0 saturated heterocycles. The van der Waals surface area contributed by atoms with Crippen LogP contribution in [0, 0.1) is 0 Å². The Morgan fingerprint density at radius 3 is 3.13 bits per heavy atom. The summed E-state index contributed by atoms with van der Waals surface area (Å²) in [5, 5.41) is 3.21. The van der Waals surface area contributed by atoms with Crippen molar-refractivity contribution in [3.8, 4) is 0 Å². The highest BCUT2D eigenvalue weighted by molar-refractivity contribution is 5.82. The summed E-state index contributed by atoms with van der Waals surface area (Å²) in [7, 11) is 0. The summed E-state index contributed by atoms with van der Waals surface area (Å²) < 4.78 is 5.03. The van der Waals surface area contributed by atoms with Gasteiger partial charge >= 0.3 is 0 Å². The third kappa shape index (κ3) is 6.06. The summed E-state index contributed by atoms with van der Waals surface area (Å²) in [6, 6.07) is 0. The van der Waals surface area contributed by atoms with E-state index in [0.717, 1.165) is 18.8 Å². The molecule has 0 saturated carbocycles. The van der Waals surface area contributed by atoms with Crippen LogP contribution < -0.4 is 11.1 Å². The van der Waals surface area contributed by atoms with Gasteiger partial charge in [0.15, 0.2) is 0 Å². The minimum Gasteiger partial charge on any atom is -0.372 e. The van der Waals surface area contributed by atoms with Crippen molar-refractivity contribution in [2.75, 3.05) is 26.3 Å². The summed E-state index contributed by atoms with van der Waals surface area (Å²) >= 11 is 0. The van der Waals surface area contributed by atoms with Crippen LogP contribution in [0.1, 0.15) is 25.7 Å². The average Bonchev–Trinajstić information content (AvgIpc) is 2.45. The van der Waals surface area contributed by atoms with Crippen molar-refractivity contribution >= 4 is 11.7 Å². The number of ether oxygens (including phenoxy) is 1. The molecule has 86 valence electrons. The molecule has 3 N–H and O–H groups in total. The molecule has 0 atom stereocenters. The van der Waals surface area contributed by atoms with Gasteiger partial charge in [-0.15, -0.1) is 0 Å². The lowest BCUT2D eigenvalue weighted by Gasteiger charge is -2.07. The molecule has 0 unspecified atom stereocenters. The van der Waals surface area contributed by atoms with Gasteiger partial charge in [0.2, 0.25) is 5.91 Å². The van der Waals surface area contributed by atoms with Gasteiger partial charge in [-0.2, -0.15) is 0 Å². The molecule has 0 aromatic carbocycles. The molecule has 0 spiro atoms. The van der Waals surface area contributed by atoms with Gasteiger partial charge < -0.3 is 15.8 Å². The predicted octanol–water partition coefficient (Wildman–Crippen LogP) is 0.0504. The highest BCUT2D eigenvalue weighted by Gasteiger charge is 2.02.